The van der Waals surface area contributed by atoms with E-state index in [-0.39, 0.29) is 11.9 Å². The SMILES string of the molecule is O=C(NC1CCOc2ccccc21)c1cn[nH]n1. The van der Waals surface area contributed by atoms with Gasteiger partial charge in [-0.3, -0.25) is 4.79 Å². The predicted molar refractivity (Wildman–Crippen MR) is 63.1 cm³/mol. The van der Waals surface area contributed by atoms with Gasteiger partial charge in [0.2, 0.25) is 0 Å². The van der Waals surface area contributed by atoms with Crippen LogP contribution in [0.1, 0.15) is 28.5 Å². The molecule has 0 fully saturated rings. The molecule has 1 aliphatic rings. The molecule has 1 aliphatic heterocycles. The lowest BCUT2D eigenvalue weighted by Crippen LogP contribution is -2.32. The first kappa shape index (κ1) is 10.8. The third-order valence-electron chi connectivity index (χ3n) is 2.91. The summed E-state index contributed by atoms with van der Waals surface area (Å²) in [6.07, 6.45) is 2.15. The zero-order valence-electron chi connectivity index (χ0n) is 9.59. The molecular formula is C12H12N4O2. The van der Waals surface area contributed by atoms with Gasteiger partial charge in [0, 0.05) is 12.0 Å². The summed E-state index contributed by atoms with van der Waals surface area (Å²) in [5.74, 6) is 0.597. The van der Waals surface area contributed by atoms with Crippen molar-refractivity contribution in [3.8, 4) is 5.75 Å². The number of ether oxygens (including phenoxy) is 1. The first-order valence-corrected chi connectivity index (χ1v) is 5.73. The number of carbonyl (C=O) groups is 1. The Balaban J connectivity index is 1.80. The van der Waals surface area contributed by atoms with Crippen LogP contribution in [0.25, 0.3) is 0 Å². The molecule has 0 spiro atoms. The standard InChI is InChI=1S/C12H12N4O2/c17-12(10-7-13-16-15-10)14-9-5-6-18-11-4-2-1-3-8(9)11/h1-4,7,9H,5-6H2,(H,14,17)(H,13,15,16). The van der Waals surface area contributed by atoms with Crippen molar-refractivity contribution in [2.45, 2.75) is 12.5 Å². The summed E-state index contributed by atoms with van der Waals surface area (Å²) >= 11 is 0. The van der Waals surface area contributed by atoms with E-state index in [9.17, 15) is 4.79 Å². The molecular weight excluding hydrogens is 232 g/mol. The Kier molecular flexibility index (Phi) is 2.68. The third kappa shape index (κ3) is 1.92. The van der Waals surface area contributed by atoms with Crippen molar-refractivity contribution < 1.29 is 9.53 Å². The van der Waals surface area contributed by atoms with Crippen LogP contribution in [-0.4, -0.2) is 27.9 Å². The second-order valence-electron chi connectivity index (χ2n) is 4.06. The molecule has 0 aliphatic carbocycles. The smallest absolute Gasteiger partial charge is 0.273 e. The van der Waals surface area contributed by atoms with Gasteiger partial charge in [0.1, 0.15) is 5.75 Å². The molecule has 6 nitrogen and oxygen atoms in total. The Morgan fingerprint density at radius 2 is 2.33 bits per heavy atom. The minimum absolute atomic E-state index is 0.0425. The lowest BCUT2D eigenvalue weighted by Gasteiger charge is -2.26. The Labute approximate surface area is 103 Å². The highest BCUT2D eigenvalue weighted by molar-refractivity contribution is 5.92. The lowest BCUT2D eigenvalue weighted by atomic mass is 10.0. The highest BCUT2D eigenvalue weighted by atomic mass is 16.5. The number of hydrogen-bond donors (Lipinski definition) is 2. The second kappa shape index (κ2) is 4.48. The number of para-hydroxylation sites is 1. The third-order valence-corrected chi connectivity index (χ3v) is 2.91. The number of aromatic nitrogens is 3. The van der Waals surface area contributed by atoms with Crippen molar-refractivity contribution in [1.29, 1.82) is 0 Å². The zero-order chi connectivity index (χ0) is 12.4. The molecule has 92 valence electrons. The van der Waals surface area contributed by atoms with Crippen LogP contribution in [0.2, 0.25) is 0 Å². The van der Waals surface area contributed by atoms with Gasteiger partial charge in [0.05, 0.1) is 18.8 Å². The van der Waals surface area contributed by atoms with Crippen LogP contribution < -0.4 is 10.1 Å². The summed E-state index contributed by atoms with van der Waals surface area (Å²) < 4.78 is 5.54. The molecule has 1 atom stereocenters. The molecule has 0 saturated carbocycles. The molecule has 2 aromatic rings. The monoisotopic (exact) mass is 244 g/mol. The van der Waals surface area contributed by atoms with E-state index in [1.165, 1.54) is 6.20 Å². The molecule has 1 amide bonds. The molecule has 1 aromatic heterocycles. The quantitative estimate of drug-likeness (QED) is 0.827. The van der Waals surface area contributed by atoms with Crippen molar-refractivity contribution in [3.63, 3.8) is 0 Å². The Bertz CT molecular complexity index is 553. The molecule has 0 saturated heterocycles. The maximum Gasteiger partial charge on any atom is 0.273 e. The van der Waals surface area contributed by atoms with E-state index in [4.69, 9.17) is 4.74 Å². The van der Waals surface area contributed by atoms with Crippen LogP contribution in [0.5, 0.6) is 5.75 Å². The summed E-state index contributed by atoms with van der Waals surface area (Å²) in [7, 11) is 0. The van der Waals surface area contributed by atoms with Crippen LogP contribution in [0, 0.1) is 0 Å². The fourth-order valence-electron chi connectivity index (χ4n) is 2.04. The van der Waals surface area contributed by atoms with Crippen molar-refractivity contribution >= 4 is 5.91 Å². The minimum atomic E-state index is -0.231. The Morgan fingerprint density at radius 3 is 3.17 bits per heavy atom. The van der Waals surface area contributed by atoms with E-state index in [1.54, 1.807) is 0 Å². The van der Waals surface area contributed by atoms with Crippen molar-refractivity contribution in [2.75, 3.05) is 6.61 Å². The normalized spacial score (nSPS) is 17.7. The van der Waals surface area contributed by atoms with Crippen LogP contribution in [0.15, 0.2) is 30.5 Å². The maximum atomic E-state index is 11.9. The Morgan fingerprint density at radius 1 is 1.44 bits per heavy atom. The van der Waals surface area contributed by atoms with Gasteiger partial charge in [-0.1, -0.05) is 18.2 Å². The summed E-state index contributed by atoms with van der Waals surface area (Å²) in [4.78, 5) is 11.9. The van der Waals surface area contributed by atoms with Crippen molar-refractivity contribution in [3.05, 3.63) is 41.7 Å². The molecule has 2 heterocycles. The zero-order valence-corrected chi connectivity index (χ0v) is 9.59. The van der Waals surface area contributed by atoms with Crippen LogP contribution >= 0.6 is 0 Å². The fourth-order valence-corrected chi connectivity index (χ4v) is 2.04. The van der Waals surface area contributed by atoms with Crippen molar-refractivity contribution in [1.82, 2.24) is 20.7 Å². The van der Waals surface area contributed by atoms with Crippen LogP contribution in [0.4, 0.5) is 0 Å². The van der Waals surface area contributed by atoms with E-state index in [1.807, 2.05) is 24.3 Å². The molecule has 1 unspecified atom stereocenters. The van der Waals surface area contributed by atoms with E-state index in [0.717, 1.165) is 17.7 Å². The first-order chi connectivity index (χ1) is 8.84. The Hall–Kier alpha value is -2.37. The minimum Gasteiger partial charge on any atom is -0.493 e. The van der Waals surface area contributed by atoms with Crippen molar-refractivity contribution in [2.24, 2.45) is 0 Å². The van der Waals surface area contributed by atoms with Crippen LogP contribution in [-0.2, 0) is 0 Å². The summed E-state index contributed by atoms with van der Waals surface area (Å²) in [5.41, 5.74) is 1.29. The second-order valence-corrected chi connectivity index (χ2v) is 4.06. The van der Waals surface area contributed by atoms with Gasteiger partial charge in [-0.25, -0.2) is 0 Å². The number of hydrogen-bond acceptors (Lipinski definition) is 4. The average Bonchev–Trinajstić information content (AvgIpc) is 2.93. The molecule has 0 radical (unpaired) electrons. The highest BCUT2D eigenvalue weighted by Crippen LogP contribution is 2.31. The number of carbonyl (C=O) groups excluding carboxylic acids is 1. The molecule has 6 heteroatoms. The summed E-state index contributed by atoms with van der Waals surface area (Å²) in [6.45, 7) is 0.598. The molecule has 0 bridgehead atoms. The maximum absolute atomic E-state index is 11.9. The number of aromatic amines is 1. The summed E-state index contributed by atoms with van der Waals surface area (Å²) in [5, 5.41) is 12.7. The highest BCUT2D eigenvalue weighted by Gasteiger charge is 2.23. The molecule has 1 aromatic carbocycles. The van der Waals surface area contributed by atoms with Gasteiger partial charge in [-0.05, 0) is 6.07 Å². The van der Waals surface area contributed by atoms with Crippen LogP contribution in [0.3, 0.4) is 0 Å². The van der Waals surface area contributed by atoms with Gasteiger partial charge >= 0.3 is 0 Å². The van der Waals surface area contributed by atoms with E-state index < -0.39 is 0 Å². The first-order valence-electron chi connectivity index (χ1n) is 5.73. The number of nitrogens with zero attached hydrogens (tertiary/aromatic N) is 2. The number of H-pyrrole nitrogens is 1. The van der Waals surface area contributed by atoms with Gasteiger partial charge in [-0.2, -0.15) is 15.4 Å². The number of fused-ring (bicyclic) bond motifs is 1. The van der Waals surface area contributed by atoms with Gasteiger partial charge < -0.3 is 10.1 Å². The summed E-state index contributed by atoms with van der Waals surface area (Å²) in [6, 6.07) is 7.68. The van der Waals surface area contributed by atoms with Gasteiger partial charge in [-0.15, -0.1) is 0 Å². The molecule has 2 N–H and O–H groups in total. The van der Waals surface area contributed by atoms with Gasteiger partial charge in [0.15, 0.2) is 5.69 Å². The average molecular weight is 244 g/mol. The molecule has 3 rings (SSSR count). The number of benzene rings is 1. The fraction of sp³-hybridized carbons (Fsp3) is 0.250. The predicted octanol–water partition coefficient (Wildman–Crippen LogP) is 1.06. The largest absolute Gasteiger partial charge is 0.493 e. The molecule has 18 heavy (non-hydrogen) atoms. The number of amides is 1. The topological polar surface area (TPSA) is 79.9 Å². The van der Waals surface area contributed by atoms with E-state index in [0.29, 0.717) is 12.3 Å². The lowest BCUT2D eigenvalue weighted by molar-refractivity contribution is 0.0919. The number of rotatable bonds is 2. The van der Waals surface area contributed by atoms with Gasteiger partial charge in [0.25, 0.3) is 5.91 Å². The number of nitrogens with one attached hydrogen (secondary N) is 2. The van der Waals surface area contributed by atoms with E-state index in [2.05, 4.69) is 20.7 Å². The van der Waals surface area contributed by atoms with E-state index >= 15 is 0 Å².